The Morgan fingerprint density at radius 2 is 1.79 bits per heavy atom. The summed E-state index contributed by atoms with van der Waals surface area (Å²) in [5.74, 6) is -1.28. The zero-order valence-corrected chi connectivity index (χ0v) is 22.3. The summed E-state index contributed by atoms with van der Waals surface area (Å²) < 4.78 is 31.3. The molecule has 3 aromatic rings. The van der Waals surface area contributed by atoms with Crippen molar-refractivity contribution in [3.63, 3.8) is 0 Å². The first-order valence-electron chi connectivity index (χ1n) is 11.9. The fourth-order valence-corrected chi connectivity index (χ4v) is 5.53. The lowest BCUT2D eigenvalue weighted by molar-refractivity contribution is -0.146. The number of rotatable bonds is 14. The average Bonchev–Trinajstić information content (AvgIpc) is 3.28. The minimum Gasteiger partial charge on any atom is -0.465 e. The lowest BCUT2D eigenvalue weighted by Crippen LogP contribution is -2.42. The van der Waals surface area contributed by atoms with Crippen LogP contribution in [0.15, 0.2) is 41.5 Å². The molecule has 0 spiro atoms. The monoisotopic (exact) mass is 549 g/mol. The van der Waals surface area contributed by atoms with Crippen molar-refractivity contribution in [3.8, 4) is 0 Å². The lowest BCUT2D eigenvalue weighted by Gasteiger charge is -2.26. The smallest absolute Gasteiger partial charge is 0.323 e. The highest BCUT2D eigenvalue weighted by Gasteiger charge is 2.32. The summed E-state index contributed by atoms with van der Waals surface area (Å²) in [6.45, 7) is 5.13. The molecule has 5 N–H and O–H groups in total. The van der Waals surface area contributed by atoms with Gasteiger partial charge >= 0.3 is 11.9 Å². The van der Waals surface area contributed by atoms with Gasteiger partial charge in [-0.25, -0.2) is 15.2 Å². The highest BCUT2D eigenvalue weighted by Crippen LogP contribution is 2.37. The Morgan fingerprint density at radius 1 is 1.13 bits per heavy atom. The number of nitrogens with two attached hydrogens (primary N) is 1. The number of carbonyl (C=O) groups is 2. The number of aromatic amines is 1. The molecular formula is C23H32N7O7P. The number of imidazole rings is 1. The molecule has 0 fully saturated rings. The van der Waals surface area contributed by atoms with Crippen molar-refractivity contribution in [2.24, 2.45) is 0 Å². The number of H-pyrrole nitrogens is 1. The number of hydrogen-bond donors (Lipinski definition) is 4. The van der Waals surface area contributed by atoms with Crippen molar-refractivity contribution in [2.45, 2.75) is 46.0 Å². The van der Waals surface area contributed by atoms with Gasteiger partial charge in [0.15, 0.2) is 11.2 Å². The maximum absolute atomic E-state index is 13.7. The molecule has 2 heterocycles. The molecule has 0 aliphatic rings. The summed E-state index contributed by atoms with van der Waals surface area (Å²) in [7, 11) is -3.67. The number of fused-ring (bicyclic) bond motifs is 1. The van der Waals surface area contributed by atoms with Crippen LogP contribution in [-0.2, 0) is 41.5 Å². The van der Waals surface area contributed by atoms with Crippen LogP contribution in [0.25, 0.3) is 11.2 Å². The predicted molar refractivity (Wildman–Crippen MR) is 139 cm³/mol. The van der Waals surface area contributed by atoms with E-state index in [-0.39, 0.29) is 49.8 Å². The topological polar surface area (TPSA) is 193 Å². The molecule has 3 atom stereocenters. The third kappa shape index (κ3) is 7.96. The Labute approximate surface area is 218 Å². The van der Waals surface area contributed by atoms with Crippen LogP contribution in [0.2, 0.25) is 0 Å². The first kappa shape index (κ1) is 29.0. The Balaban J connectivity index is 1.63. The van der Waals surface area contributed by atoms with Crippen molar-refractivity contribution in [3.05, 3.63) is 52.6 Å². The molecule has 0 radical (unpaired) electrons. The van der Waals surface area contributed by atoms with E-state index in [0.717, 1.165) is 5.56 Å². The number of esters is 2. The van der Waals surface area contributed by atoms with E-state index >= 15 is 0 Å². The van der Waals surface area contributed by atoms with E-state index in [1.165, 1.54) is 20.2 Å². The highest BCUT2D eigenvalue weighted by molar-refractivity contribution is 7.59. The van der Waals surface area contributed by atoms with Crippen LogP contribution >= 0.6 is 7.44 Å². The molecule has 2 aromatic heterocycles. The van der Waals surface area contributed by atoms with Gasteiger partial charge in [0.2, 0.25) is 13.4 Å². The lowest BCUT2D eigenvalue weighted by atomic mass is 10.2. The second-order valence-corrected chi connectivity index (χ2v) is 10.6. The first-order valence-corrected chi connectivity index (χ1v) is 13.8. The molecule has 0 saturated carbocycles. The number of nitrogens with zero attached hydrogens (tertiary/aromatic N) is 3. The second kappa shape index (κ2) is 13.3. The summed E-state index contributed by atoms with van der Waals surface area (Å²) in [6, 6.07) is 7.21. The summed E-state index contributed by atoms with van der Waals surface area (Å²) in [4.78, 5) is 47.1. The Morgan fingerprint density at radius 3 is 2.45 bits per heavy atom. The third-order valence-corrected chi connectivity index (χ3v) is 7.42. The molecule has 0 bridgehead atoms. The quantitative estimate of drug-likeness (QED) is 0.127. The Bertz CT molecular complexity index is 1340. The molecule has 0 aliphatic heterocycles. The van der Waals surface area contributed by atoms with Gasteiger partial charge in [0, 0.05) is 6.54 Å². The van der Waals surface area contributed by atoms with Gasteiger partial charge < -0.3 is 24.5 Å². The predicted octanol–water partition coefficient (Wildman–Crippen LogP) is 1.13. The number of nitrogen functional groups attached to an aromatic ring is 1. The van der Waals surface area contributed by atoms with Crippen LogP contribution in [0.4, 0.5) is 5.95 Å². The molecule has 38 heavy (non-hydrogen) atoms. The van der Waals surface area contributed by atoms with Gasteiger partial charge in [0.1, 0.15) is 25.0 Å². The summed E-state index contributed by atoms with van der Waals surface area (Å²) in [5, 5.41) is 5.46. The van der Waals surface area contributed by atoms with Gasteiger partial charge in [0.05, 0.1) is 19.5 Å². The fraction of sp³-hybridized carbons (Fsp3) is 0.435. The molecule has 14 nitrogen and oxygen atoms in total. The largest absolute Gasteiger partial charge is 0.465 e. The van der Waals surface area contributed by atoms with Crippen molar-refractivity contribution in [1.82, 2.24) is 29.7 Å². The van der Waals surface area contributed by atoms with Crippen LogP contribution < -0.4 is 21.5 Å². The number of benzene rings is 1. The Hall–Kier alpha value is -3.58. The van der Waals surface area contributed by atoms with E-state index in [0.29, 0.717) is 0 Å². The number of hydrogen-bond acceptors (Lipinski definition) is 10. The third-order valence-electron chi connectivity index (χ3n) is 5.26. The van der Waals surface area contributed by atoms with Crippen LogP contribution in [0.3, 0.4) is 0 Å². The first-order chi connectivity index (χ1) is 18.1. The Kier molecular flexibility index (Phi) is 10.1. The summed E-state index contributed by atoms with van der Waals surface area (Å²) >= 11 is 0. The number of aromatic nitrogens is 4. The summed E-state index contributed by atoms with van der Waals surface area (Å²) in [6.07, 6.45) is 1.05. The fourth-order valence-electron chi connectivity index (χ4n) is 3.45. The zero-order chi connectivity index (χ0) is 27.7. The normalized spacial score (nSPS) is 14.5. The molecule has 0 saturated heterocycles. The molecule has 1 unspecified atom stereocenters. The molecule has 3 rings (SSSR count). The van der Waals surface area contributed by atoms with E-state index in [2.05, 4.69) is 25.1 Å². The number of ether oxygens (including phenoxy) is 3. The van der Waals surface area contributed by atoms with E-state index in [1.54, 1.807) is 11.5 Å². The highest BCUT2D eigenvalue weighted by atomic mass is 31.2. The van der Waals surface area contributed by atoms with E-state index < -0.39 is 37.0 Å². The van der Waals surface area contributed by atoms with E-state index in [4.69, 9.17) is 19.9 Å². The van der Waals surface area contributed by atoms with Crippen molar-refractivity contribution in [1.29, 1.82) is 0 Å². The van der Waals surface area contributed by atoms with Gasteiger partial charge in [-0.05, 0) is 26.3 Å². The van der Waals surface area contributed by atoms with Crippen molar-refractivity contribution < 1.29 is 28.4 Å². The molecule has 206 valence electrons. The van der Waals surface area contributed by atoms with Crippen LogP contribution in [0.1, 0.15) is 26.3 Å². The van der Waals surface area contributed by atoms with Gasteiger partial charge in [-0.15, -0.1) is 0 Å². The van der Waals surface area contributed by atoms with Crippen molar-refractivity contribution in [2.75, 3.05) is 25.3 Å². The van der Waals surface area contributed by atoms with Crippen LogP contribution in [-0.4, -0.2) is 63.1 Å². The van der Waals surface area contributed by atoms with Gasteiger partial charge in [0.25, 0.3) is 5.56 Å². The molecule has 15 heteroatoms. The van der Waals surface area contributed by atoms with Crippen molar-refractivity contribution >= 4 is 36.5 Å². The standard InChI is InChI=1S/C23H32N7O7P/c1-4-36-21(32)15(2)28-38(34,29-16(3)22(33)37-12-17-8-6-5-7-9-17)14-35-11-10-30-13-25-18-19(30)26-23(24)27-20(18)31/h5-9,13,15-16H,4,10-12,14H2,1-3H3,(H2,28,29,34)(H3,24,26,27,31)/t15-,16+,38?/m0/s1. The maximum Gasteiger partial charge on any atom is 0.323 e. The van der Waals surface area contributed by atoms with E-state index in [1.807, 2.05) is 30.3 Å². The van der Waals surface area contributed by atoms with Crippen LogP contribution in [0, 0.1) is 0 Å². The zero-order valence-electron chi connectivity index (χ0n) is 21.4. The van der Waals surface area contributed by atoms with Gasteiger partial charge in [-0.1, -0.05) is 30.3 Å². The maximum atomic E-state index is 13.7. The molecule has 1 aromatic carbocycles. The minimum atomic E-state index is -3.67. The average molecular weight is 550 g/mol. The van der Waals surface area contributed by atoms with E-state index in [9.17, 15) is 18.9 Å². The summed E-state index contributed by atoms with van der Waals surface area (Å²) in [5.41, 5.74) is 6.35. The minimum absolute atomic E-state index is 0.0494. The van der Waals surface area contributed by atoms with Gasteiger partial charge in [-0.3, -0.25) is 23.9 Å². The number of carbonyl (C=O) groups excluding carboxylic acids is 2. The molecule has 0 amide bonds. The van der Waals surface area contributed by atoms with Gasteiger partial charge in [-0.2, -0.15) is 4.98 Å². The number of nitrogens with one attached hydrogen (secondary N) is 3. The number of anilines is 1. The second-order valence-electron chi connectivity index (χ2n) is 8.39. The molecular weight excluding hydrogens is 517 g/mol. The van der Waals surface area contributed by atoms with Crippen LogP contribution in [0.5, 0.6) is 0 Å². The molecule has 0 aliphatic carbocycles. The SMILES string of the molecule is CCOC(=O)[C@H](C)NP(=O)(COCCn1cnc2c(=O)[nH]c(N)nc21)N[C@H](C)C(=O)OCc1ccccc1.